The van der Waals surface area contributed by atoms with Gasteiger partial charge < -0.3 is 15.4 Å². The largest absolute Gasteiger partial charge is 0.484 e. The van der Waals surface area contributed by atoms with Crippen molar-refractivity contribution in [1.82, 2.24) is 10.2 Å². The Morgan fingerprint density at radius 1 is 1.42 bits per heavy atom. The molecule has 0 radical (unpaired) electrons. The van der Waals surface area contributed by atoms with Crippen molar-refractivity contribution in [2.75, 3.05) is 31.6 Å². The van der Waals surface area contributed by atoms with E-state index in [2.05, 4.69) is 22.5 Å². The van der Waals surface area contributed by atoms with E-state index < -0.39 is 0 Å². The first-order valence-electron chi connectivity index (χ1n) is 8.72. The smallest absolute Gasteiger partial charge is 0.257 e. The molecule has 2 amide bonds. The van der Waals surface area contributed by atoms with Crippen molar-refractivity contribution < 1.29 is 14.3 Å². The Kier molecular flexibility index (Phi) is 5.35. The van der Waals surface area contributed by atoms with Crippen molar-refractivity contribution in [3.8, 4) is 5.75 Å². The molecule has 0 bridgehead atoms. The van der Waals surface area contributed by atoms with E-state index in [1.807, 2.05) is 12.1 Å². The third-order valence-electron chi connectivity index (χ3n) is 4.79. The predicted octanol–water partition coefficient (Wildman–Crippen LogP) is 1.55. The number of likely N-dealkylation sites (N-methyl/N-ethyl adjacent to an activating group) is 1. The molecular weight excluding hydrogens is 306 g/mol. The predicted molar refractivity (Wildman–Crippen MR) is 92.2 cm³/mol. The van der Waals surface area contributed by atoms with Gasteiger partial charge in [0.15, 0.2) is 6.61 Å². The van der Waals surface area contributed by atoms with Crippen molar-refractivity contribution in [3.05, 3.63) is 23.8 Å². The number of carbonyl (C=O) groups excluding carboxylic acids is 2. The van der Waals surface area contributed by atoms with Gasteiger partial charge in [-0.05, 0) is 44.0 Å². The SMILES string of the molecule is CCN1CCCC1CNC(=O)COc1ccc2c(c1)NC(=O)CC2. The number of hydrogen-bond acceptors (Lipinski definition) is 4. The highest BCUT2D eigenvalue weighted by atomic mass is 16.5. The maximum atomic E-state index is 12.0. The fraction of sp³-hybridized carbons (Fsp3) is 0.556. The molecule has 1 aromatic carbocycles. The highest BCUT2D eigenvalue weighted by Gasteiger charge is 2.23. The van der Waals surface area contributed by atoms with Gasteiger partial charge in [0.25, 0.3) is 5.91 Å². The summed E-state index contributed by atoms with van der Waals surface area (Å²) in [6.45, 7) is 4.96. The van der Waals surface area contributed by atoms with Crippen LogP contribution in [-0.2, 0) is 16.0 Å². The highest BCUT2D eigenvalue weighted by Crippen LogP contribution is 2.27. The van der Waals surface area contributed by atoms with Gasteiger partial charge >= 0.3 is 0 Å². The number of ether oxygens (including phenoxy) is 1. The number of amides is 2. The van der Waals surface area contributed by atoms with Crippen LogP contribution in [0.4, 0.5) is 5.69 Å². The zero-order valence-corrected chi connectivity index (χ0v) is 14.1. The monoisotopic (exact) mass is 331 g/mol. The molecule has 6 heteroatoms. The zero-order valence-electron chi connectivity index (χ0n) is 14.1. The average Bonchev–Trinajstić information content (AvgIpc) is 3.05. The van der Waals surface area contributed by atoms with Gasteiger partial charge in [0.2, 0.25) is 5.91 Å². The van der Waals surface area contributed by atoms with Gasteiger partial charge in [-0.3, -0.25) is 14.5 Å². The number of likely N-dealkylation sites (tertiary alicyclic amines) is 1. The van der Waals surface area contributed by atoms with Crippen LogP contribution < -0.4 is 15.4 Å². The lowest BCUT2D eigenvalue weighted by Crippen LogP contribution is -2.41. The summed E-state index contributed by atoms with van der Waals surface area (Å²) in [5.74, 6) is 0.510. The molecule has 1 aromatic rings. The van der Waals surface area contributed by atoms with Crippen molar-refractivity contribution in [3.63, 3.8) is 0 Å². The minimum atomic E-state index is -0.111. The Labute approximate surface area is 142 Å². The van der Waals surface area contributed by atoms with Crippen molar-refractivity contribution in [1.29, 1.82) is 0 Å². The molecule has 0 saturated carbocycles. The molecule has 1 fully saturated rings. The van der Waals surface area contributed by atoms with Gasteiger partial charge in [-0.15, -0.1) is 0 Å². The van der Waals surface area contributed by atoms with Gasteiger partial charge in [-0.1, -0.05) is 13.0 Å². The first-order valence-corrected chi connectivity index (χ1v) is 8.72. The molecule has 2 aliphatic rings. The molecule has 2 N–H and O–H groups in total. The molecule has 1 unspecified atom stereocenters. The maximum Gasteiger partial charge on any atom is 0.257 e. The summed E-state index contributed by atoms with van der Waals surface area (Å²) < 4.78 is 5.56. The van der Waals surface area contributed by atoms with Crippen LogP contribution in [0.15, 0.2) is 18.2 Å². The molecule has 1 atom stereocenters. The minimum Gasteiger partial charge on any atom is -0.484 e. The molecule has 2 heterocycles. The maximum absolute atomic E-state index is 12.0. The second-order valence-corrected chi connectivity index (χ2v) is 6.38. The molecule has 0 aromatic heterocycles. The van der Waals surface area contributed by atoms with Gasteiger partial charge in [0.05, 0.1) is 0 Å². The minimum absolute atomic E-state index is 0.00836. The summed E-state index contributed by atoms with van der Waals surface area (Å²) in [7, 11) is 0. The first kappa shape index (κ1) is 16.8. The third-order valence-corrected chi connectivity index (χ3v) is 4.79. The topological polar surface area (TPSA) is 70.7 Å². The number of rotatable bonds is 6. The number of hydrogen-bond donors (Lipinski definition) is 2. The van der Waals surface area contributed by atoms with E-state index >= 15 is 0 Å². The van der Waals surface area contributed by atoms with Crippen LogP contribution in [0.25, 0.3) is 0 Å². The lowest BCUT2D eigenvalue weighted by atomic mass is 10.0. The van der Waals surface area contributed by atoms with Gasteiger partial charge in [0.1, 0.15) is 5.75 Å². The summed E-state index contributed by atoms with van der Waals surface area (Å²) >= 11 is 0. The fourth-order valence-corrected chi connectivity index (χ4v) is 3.41. The zero-order chi connectivity index (χ0) is 16.9. The Hall–Kier alpha value is -2.08. The van der Waals surface area contributed by atoms with Gasteiger partial charge in [-0.25, -0.2) is 0 Å². The Morgan fingerprint density at radius 2 is 2.29 bits per heavy atom. The molecule has 130 valence electrons. The van der Waals surface area contributed by atoms with E-state index in [1.165, 1.54) is 6.42 Å². The number of aryl methyl sites for hydroxylation is 1. The van der Waals surface area contributed by atoms with Crippen molar-refractivity contribution in [2.45, 2.75) is 38.6 Å². The molecule has 24 heavy (non-hydrogen) atoms. The van der Waals surface area contributed by atoms with Gasteiger partial charge in [0, 0.05) is 30.8 Å². The van der Waals surface area contributed by atoms with Crippen LogP contribution in [0.3, 0.4) is 0 Å². The second-order valence-electron chi connectivity index (χ2n) is 6.38. The van der Waals surface area contributed by atoms with Crippen molar-refractivity contribution in [2.24, 2.45) is 0 Å². The standard InChI is InChI=1S/C18H25N3O3/c1-2-21-9-3-4-14(21)11-19-18(23)12-24-15-7-5-13-6-8-17(22)20-16(13)10-15/h5,7,10,14H,2-4,6,8-9,11-12H2,1H3,(H,19,23)(H,20,22). The molecule has 0 aliphatic carbocycles. The van der Waals surface area contributed by atoms with Crippen LogP contribution >= 0.6 is 0 Å². The van der Waals surface area contributed by atoms with E-state index in [0.717, 1.165) is 37.2 Å². The first-order chi connectivity index (χ1) is 11.7. The Balaban J connectivity index is 1.46. The quantitative estimate of drug-likeness (QED) is 0.830. The summed E-state index contributed by atoms with van der Waals surface area (Å²) in [4.78, 5) is 25.8. The normalized spacial score (nSPS) is 20.4. The Bertz CT molecular complexity index is 618. The highest BCUT2D eigenvalue weighted by molar-refractivity contribution is 5.94. The molecule has 6 nitrogen and oxygen atoms in total. The second kappa shape index (κ2) is 7.66. The molecule has 2 aliphatic heterocycles. The average molecular weight is 331 g/mol. The summed E-state index contributed by atoms with van der Waals surface area (Å²) in [6.07, 6.45) is 3.61. The number of benzene rings is 1. The van der Waals surface area contributed by atoms with Crippen LogP contribution in [0.5, 0.6) is 5.75 Å². The van der Waals surface area contributed by atoms with E-state index in [-0.39, 0.29) is 18.4 Å². The van der Waals surface area contributed by atoms with E-state index in [9.17, 15) is 9.59 Å². The molecule has 0 spiro atoms. The molecular formula is C18H25N3O3. The number of nitrogens with zero attached hydrogens (tertiary/aromatic N) is 1. The van der Waals surface area contributed by atoms with Crippen LogP contribution in [0.1, 0.15) is 31.7 Å². The van der Waals surface area contributed by atoms with E-state index in [1.54, 1.807) is 6.07 Å². The number of nitrogens with one attached hydrogen (secondary N) is 2. The number of fused-ring (bicyclic) bond motifs is 1. The van der Waals surface area contributed by atoms with Crippen molar-refractivity contribution >= 4 is 17.5 Å². The third kappa shape index (κ3) is 4.06. The summed E-state index contributed by atoms with van der Waals surface area (Å²) in [6, 6.07) is 6.02. The van der Waals surface area contributed by atoms with Crippen LogP contribution in [-0.4, -0.2) is 49.0 Å². The Morgan fingerprint density at radius 3 is 3.12 bits per heavy atom. The summed E-state index contributed by atoms with van der Waals surface area (Å²) in [5.41, 5.74) is 1.89. The number of carbonyl (C=O) groups is 2. The fourth-order valence-electron chi connectivity index (χ4n) is 3.41. The molecule has 1 saturated heterocycles. The van der Waals surface area contributed by atoms with E-state index in [0.29, 0.717) is 24.8 Å². The van der Waals surface area contributed by atoms with E-state index in [4.69, 9.17) is 4.74 Å². The molecule has 3 rings (SSSR count). The van der Waals surface area contributed by atoms with Crippen LogP contribution in [0, 0.1) is 0 Å². The lowest BCUT2D eigenvalue weighted by molar-refractivity contribution is -0.123. The van der Waals surface area contributed by atoms with Crippen LogP contribution in [0.2, 0.25) is 0 Å². The van der Waals surface area contributed by atoms with Gasteiger partial charge in [-0.2, -0.15) is 0 Å². The summed E-state index contributed by atoms with van der Waals surface area (Å²) in [5, 5.41) is 5.79. The lowest BCUT2D eigenvalue weighted by Gasteiger charge is -2.23. The number of anilines is 1.